The van der Waals surface area contributed by atoms with Crippen molar-refractivity contribution in [3.05, 3.63) is 0 Å². The predicted molar refractivity (Wildman–Crippen MR) is 19.7 cm³/mol. The van der Waals surface area contributed by atoms with E-state index in [1.165, 1.54) is 0 Å². The Labute approximate surface area is 74.0 Å². The van der Waals surface area contributed by atoms with Gasteiger partial charge in [0.15, 0.2) is 0 Å². The Morgan fingerprint density at radius 3 is 0.875 bits per heavy atom. The van der Waals surface area contributed by atoms with E-state index in [-0.39, 0.29) is 37.7 Å². The van der Waals surface area contributed by atoms with Gasteiger partial charge in [-0.15, -0.1) is 0 Å². The van der Waals surface area contributed by atoms with Gasteiger partial charge in [0.25, 0.3) is 0 Å². The SMILES string of the molecule is O=PO.O=PO.[Li+].[Li+]. The largest absolute Gasteiger partial charge is 1.00 e. The second-order valence-electron chi connectivity index (χ2n) is 0.163. The van der Waals surface area contributed by atoms with Crippen molar-refractivity contribution >= 4 is 17.4 Å². The van der Waals surface area contributed by atoms with E-state index >= 15 is 0 Å². The first-order valence-corrected chi connectivity index (χ1v) is 2.30. The molecule has 8 heavy (non-hydrogen) atoms. The third-order valence-electron chi connectivity index (χ3n) is 0. The van der Waals surface area contributed by atoms with E-state index in [9.17, 15) is 0 Å². The zero-order chi connectivity index (χ0) is 5.41. The molecule has 0 rings (SSSR count). The van der Waals surface area contributed by atoms with Gasteiger partial charge in [0.05, 0.1) is 0 Å². The molecule has 0 fully saturated rings. The van der Waals surface area contributed by atoms with Gasteiger partial charge in [0.1, 0.15) is 0 Å². The molecule has 4 nitrogen and oxygen atoms in total. The van der Waals surface area contributed by atoms with Crippen molar-refractivity contribution in [1.29, 1.82) is 0 Å². The second-order valence-corrected chi connectivity index (χ2v) is 0.490. The van der Waals surface area contributed by atoms with Gasteiger partial charge in [-0.2, -0.15) is 0 Å². The summed E-state index contributed by atoms with van der Waals surface area (Å²) in [6.45, 7) is 0. The molecule has 0 saturated heterocycles. The quantitative estimate of drug-likeness (QED) is 0.261. The van der Waals surface area contributed by atoms with Crippen LogP contribution in [0.5, 0.6) is 0 Å². The van der Waals surface area contributed by atoms with E-state index in [2.05, 4.69) is 0 Å². The summed E-state index contributed by atoms with van der Waals surface area (Å²) in [6.07, 6.45) is 0. The number of hydrogen-bond donors (Lipinski definition) is 2. The topological polar surface area (TPSA) is 74.6 Å². The van der Waals surface area contributed by atoms with Gasteiger partial charge in [0.2, 0.25) is 0 Å². The molecule has 0 aliphatic heterocycles. The molecule has 0 aromatic carbocycles. The average Bonchev–Trinajstić information content (AvgIpc) is 1.39. The predicted octanol–water partition coefficient (Wildman–Crippen LogP) is -5.62. The fraction of sp³-hybridized carbons (Fsp3) is 0. The average molecular weight is 142 g/mol. The summed E-state index contributed by atoms with van der Waals surface area (Å²) < 4.78 is 16.9. The number of rotatable bonds is 0. The van der Waals surface area contributed by atoms with E-state index in [4.69, 9.17) is 18.9 Å². The van der Waals surface area contributed by atoms with Crippen LogP contribution in [0.2, 0.25) is 0 Å². The molecular formula is H2Li2O4P2+2. The van der Waals surface area contributed by atoms with Crippen LogP contribution in [-0.4, -0.2) is 9.79 Å². The van der Waals surface area contributed by atoms with Crippen LogP contribution in [-0.2, 0) is 9.13 Å². The van der Waals surface area contributed by atoms with Crippen molar-refractivity contribution in [2.24, 2.45) is 0 Å². The van der Waals surface area contributed by atoms with Gasteiger partial charge in [-0.1, -0.05) is 0 Å². The molecule has 36 valence electrons. The third kappa shape index (κ3) is 169. The van der Waals surface area contributed by atoms with Crippen LogP contribution >= 0.6 is 17.4 Å². The van der Waals surface area contributed by atoms with Crippen molar-refractivity contribution in [2.45, 2.75) is 0 Å². The molecule has 0 spiro atoms. The molecule has 0 atom stereocenters. The van der Waals surface area contributed by atoms with Crippen LogP contribution in [0.25, 0.3) is 0 Å². The molecule has 8 heteroatoms. The van der Waals surface area contributed by atoms with E-state index < -0.39 is 17.4 Å². The molecule has 0 amide bonds. The van der Waals surface area contributed by atoms with Crippen LogP contribution in [0.15, 0.2) is 0 Å². The van der Waals surface area contributed by atoms with Crippen molar-refractivity contribution in [3.8, 4) is 0 Å². The van der Waals surface area contributed by atoms with Gasteiger partial charge < -0.3 is 9.79 Å². The maximum absolute atomic E-state index is 8.46. The Balaban J connectivity index is -0.0000000160. The van der Waals surface area contributed by atoms with Crippen LogP contribution in [0.1, 0.15) is 0 Å². The Bertz CT molecular complexity index is 33.0. The van der Waals surface area contributed by atoms with E-state index in [1.54, 1.807) is 0 Å². The number of hydrogen-bond acceptors (Lipinski definition) is 2. The molecule has 0 bridgehead atoms. The van der Waals surface area contributed by atoms with E-state index in [0.29, 0.717) is 0 Å². The van der Waals surface area contributed by atoms with Crippen molar-refractivity contribution < 1.29 is 56.6 Å². The maximum atomic E-state index is 8.46. The third-order valence-corrected chi connectivity index (χ3v) is 0. The summed E-state index contributed by atoms with van der Waals surface area (Å²) in [5.74, 6) is 0. The van der Waals surface area contributed by atoms with Crippen molar-refractivity contribution in [1.82, 2.24) is 0 Å². The van der Waals surface area contributed by atoms with E-state index in [0.717, 1.165) is 0 Å². The molecule has 0 aliphatic rings. The summed E-state index contributed by atoms with van der Waals surface area (Å²) in [7, 11) is -1.67. The van der Waals surface area contributed by atoms with Crippen LogP contribution in [0, 0.1) is 0 Å². The normalized spacial score (nSPS) is 5.25. The van der Waals surface area contributed by atoms with Crippen LogP contribution in [0.3, 0.4) is 0 Å². The fourth-order valence-corrected chi connectivity index (χ4v) is 0. The Morgan fingerprint density at radius 2 is 0.875 bits per heavy atom. The zero-order valence-electron chi connectivity index (χ0n) is 4.61. The molecule has 2 N–H and O–H groups in total. The molecule has 0 aromatic heterocycles. The van der Waals surface area contributed by atoms with Gasteiger partial charge in [-0.25, -0.2) is 9.13 Å². The molecule has 0 saturated carbocycles. The van der Waals surface area contributed by atoms with Gasteiger partial charge >= 0.3 is 55.1 Å². The summed E-state index contributed by atoms with van der Waals surface area (Å²) in [4.78, 5) is 14.0. The van der Waals surface area contributed by atoms with Crippen LogP contribution < -0.4 is 37.7 Å². The molecule has 0 heterocycles. The standard InChI is InChI=1S/2Li.2HO2P/c;;2*1-3-2/h;;2*(H,1,2)/q2*+1;;. The summed E-state index contributed by atoms with van der Waals surface area (Å²) in [6, 6.07) is 0. The van der Waals surface area contributed by atoms with Gasteiger partial charge in [-0.3, -0.25) is 0 Å². The molecule has 0 radical (unpaired) electrons. The minimum atomic E-state index is -0.833. The first-order valence-electron chi connectivity index (χ1n) is 0.765. The van der Waals surface area contributed by atoms with Gasteiger partial charge in [-0.05, 0) is 0 Å². The van der Waals surface area contributed by atoms with Crippen molar-refractivity contribution in [2.75, 3.05) is 0 Å². The van der Waals surface area contributed by atoms with Gasteiger partial charge in [0, 0.05) is 0 Å². The summed E-state index contributed by atoms with van der Waals surface area (Å²) in [5, 5.41) is 0. The Hall–Kier alpha value is 1.31. The zero-order valence-corrected chi connectivity index (χ0v) is 6.39. The first-order chi connectivity index (χ1) is 2.83. The fourth-order valence-electron chi connectivity index (χ4n) is 0. The Morgan fingerprint density at radius 1 is 0.875 bits per heavy atom. The second kappa shape index (κ2) is 40.5. The summed E-state index contributed by atoms with van der Waals surface area (Å²) in [5.41, 5.74) is 0. The monoisotopic (exact) mass is 142 g/mol. The minimum Gasteiger partial charge on any atom is -0.310 e. The molecule has 0 unspecified atom stereocenters. The molecule has 0 aliphatic carbocycles. The smallest absolute Gasteiger partial charge is 0.310 e. The minimum absolute atomic E-state index is 0. The molecular weight excluding hydrogens is 140 g/mol. The Kier molecular flexibility index (Phi) is 115. The van der Waals surface area contributed by atoms with Crippen molar-refractivity contribution in [3.63, 3.8) is 0 Å². The maximum Gasteiger partial charge on any atom is 1.00 e. The van der Waals surface area contributed by atoms with E-state index in [1.807, 2.05) is 0 Å². The van der Waals surface area contributed by atoms with Crippen LogP contribution in [0.4, 0.5) is 0 Å². The summed E-state index contributed by atoms with van der Waals surface area (Å²) >= 11 is 0. The first kappa shape index (κ1) is 22.8. The molecule has 0 aromatic rings.